The fourth-order valence-corrected chi connectivity index (χ4v) is 3.54. The molecule has 0 saturated carbocycles. The van der Waals surface area contributed by atoms with Crippen LogP contribution in [0.5, 0.6) is 0 Å². The standard InChI is InChI=1S/C21H23N5O/c1-21(14-19(27)25(2)20(22)24-21)17-8-3-6-15(12-17)16-7-4-9-18(13-16)26-11-5-10-23-26/h3-4,6-10,12-13H,5,11,14H2,1-2H3,(H2,22,24). The Morgan fingerprint density at radius 1 is 1.11 bits per heavy atom. The normalized spacial score (nSPS) is 22.3. The van der Waals surface area contributed by atoms with Crippen molar-refractivity contribution in [3.05, 3.63) is 54.1 Å². The molecule has 0 aromatic heterocycles. The third kappa shape index (κ3) is 3.18. The summed E-state index contributed by atoms with van der Waals surface area (Å²) in [6, 6.07) is 16.5. The number of hydrogen-bond acceptors (Lipinski definition) is 5. The number of hydrogen-bond donors (Lipinski definition) is 1. The van der Waals surface area contributed by atoms with Gasteiger partial charge in [-0.15, -0.1) is 0 Å². The summed E-state index contributed by atoms with van der Waals surface area (Å²) in [4.78, 5) is 18.3. The van der Waals surface area contributed by atoms with Crippen LogP contribution in [0.15, 0.2) is 58.6 Å². The van der Waals surface area contributed by atoms with Crippen molar-refractivity contribution in [2.75, 3.05) is 18.6 Å². The lowest BCUT2D eigenvalue weighted by Gasteiger charge is -2.33. The number of carbonyl (C=O) groups excluding carboxylic acids is 1. The van der Waals surface area contributed by atoms with E-state index in [2.05, 4.69) is 40.4 Å². The second-order valence-corrected chi connectivity index (χ2v) is 7.21. The highest BCUT2D eigenvalue weighted by molar-refractivity contribution is 5.98. The van der Waals surface area contributed by atoms with Crippen LogP contribution in [0.2, 0.25) is 0 Å². The van der Waals surface area contributed by atoms with Gasteiger partial charge in [0.1, 0.15) is 0 Å². The first-order valence-electron chi connectivity index (χ1n) is 9.09. The number of nitrogens with zero attached hydrogens (tertiary/aromatic N) is 4. The number of nitrogens with two attached hydrogens (primary N) is 1. The molecule has 2 aliphatic heterocycles. The first-order valence-corrected chi connectivity index (χ1v) is 9.09. The molecule has 4 rings (SSSR count). The summed E-state index contributed by atoms with van der Waals surface area (Å²) in [6.45, 7) is 2.87. The number of aliphatic imine (C=N–C) groups is 1. The minimum atomic E-state index is -0.652. The van der Waals surface area contributed by atoms with Crippen LogP contribution >= 0.6 is 0 Å². The molecule has 2 aromatic rings. The average molecular weight is 361 g/mol. The molecule has 0 bridgehead atoms. The summed E-state index contributed by atoms with van der Waals surface area (Å²) >= 11 is 0. The van der Waals surface area contributed by atoms with Crippen molar-refractivity contribution in [2.24, 2.45) is 15.8 Å². The molecule has 0 radical (unpaired) electrons. The summed E-state index contributed by atoms with van der Waals surface area (Å²) < 4.78 is 0. The fraction of sp³-hybridized carbons (Fsp3) is 0.286. The zero-order valence-electron chi connectivity index (χ0n) is 15.6. The summed E-state index contributed by atoms with van der Waals surface area (Å²) in [5.41, 5.74) is 9.55. The lowest BCUT2D eigenvalue weighted by molar-refractivity contribution is -0.128. The molecule has 2 aliphatic rings. The number of hydrazone groups is 1. The van der Waals surface area contributed by atoms with Gasteiger partial charge in [0.2, 0.25) is 5.91 Å². The first-order chi connectivity index (χ1) is 13.0. The van der Waals surface area contributed by atoms with E-state index in [-0.39, 0.29) is 11.9 Å². The lowest BCUT2D eigenvalue weighted by Crippen LogP contribution is -2.47. The third-order valence-corrected chi connectivity index (χ3v) is 5.23. The second kappa shape index (κ2) is 6.54. The number of amides is 1. The molecule has 2 N–H and O–H groups in total. The smallest absolute Gasteiger partial charge is 0.231 e. The largest absolute Gasteiger partial charge is 0.369 e. The summed E-state index contributed by atoms with van der Waals surface area (Å²) in [5.74, 6) is 0.234. The molecule has 1 amide bonds. The van der Waals surface area contributed by atoms with Crippen molar-refractivity contribution >= 4 is 23.8 Å². The maximum absolute atomic E-state index is 12.3. The Bertz CT molecular complexity index is 951. The van der Waals surface area contributed by atoms with Crippen LogP contribution in [-0.4, -0.2) is 36.6 Å². The Morgan fingerprint density at radius 2 is 1.85 bits per heavy atom. The molecule has 27 heavy (non-hydrogen) atoms. The van der Waals surface area contributed by atoms with Crippen LogP contribution in [0.4, 0.5) is 5.69 Å². The molecule has 6 nitrogen and oxygen atoms in total. The van der Waals surface area contributed by atoms with E-state index in [4.69, 9.17) is 5.73 Å². The van der Waals surface area contributed by atoms with Crippen molar-refractivity contribution in [1.29, 1.82) is 0 Å². The van der Waals surface area contributed by atoms with Gasteiger partial charge in [-0.1, -0.05) is 30.3 Å². The Morgan fingerprint density at radius 3 is 2.56 bits per heavy atom. The average Bonchev–Trinajstić information content (AvgIpc) is 3.21. The first kappa shape index (κ1) is 17.3. The van der Waals surface area contributed by atoms with Gasteiger partial charge in [0.15, 0.2) is 5.96 Å². The number of guanidine groups is 1. The van der Waals surface area contributed by atoms with Crippen molar-refractivity contribution in [2.45, 2.75) is 25.3 Å². The van der Waals surface area contributed by atoms with Gasteiger partial charge in [0.05, 0.1) is 17.6 Å². The minimum absolute atomic E-state index is 0.0238. The van der Waals surface area contributed by atoms with Crippen molar-refractivity contribution in [3.63, 3.8) is 0 Å². The minimum Gasteiger partial charge on any atom is -0.369 e. The summed E-state index contributed by atoms with van der Waals surface area (Å²) in [6.07, 6.45) is 3.21. The molecular formula is C21H23N5O. The Hall–Kier alpha value is -3.15. The number of anilines is 1. The van der Waals surface area contributed by atoms with Gasteiger partial charge in [0, 0.05) is 26.2 Å². The molecule has 0 saturated heterocycles. The topological polar surface area (TPSA) is 74.3 Å². The third-order valence-electron chi connectivity index (χ3n) is 5.23. The Kier molecular flexibility index (Phi) is 4.18. The monoisotopic (exact) mass is 361 g/mol. The van der Waals surface area contributed by atoms with Gasteiger partial charge in [-0.3, -0.25) is 14.7 Å². The van der Waals surface area contributed by atoms with Gasteiger partial charge < -0.3 is 5.73 Å². The number of carbonyl (C=O) groups is 1. The van der Waals surface area contributed by atoms with Gasteiger partial charge in [-0.05, 0) is 41.8 Å². The van der Waals surface area contributed by atoms with Crippen LogP contribution in [0, 0.1) is 0 Å². The van der Waals surface area contributed by atoms with E-state index >= 15 is 0 Å². The Labute approximate surface area is 159 Å². The molecule has 2 aromatic carbocycles. The van der Waals surface area contributed by atoms with Crippen LogP contribution in [-0.2, 0) is 10.3 Å². The van der Waals surface area contributed by atoms with E-state index in [0.717, 1.165) is 35.3 Å². The highest BCUT2D eigenvalue weighted by Crippen LogP contribution is 2.35. The van der Waals surface area contributed by atoms with Crippen molar-refractivity contribution in [3.8, 4) is 11.1 Å². The van der Waals surface area contributed by atoms with Crippen molar-refractivity contribution in [1.82, 2.24) is 4.90 Å². The maximum Gasteiger partial charge on any atom is 0.231 e. The van der Waals surface area contributed by atoms with Gasteiger partial charge in [-0.25, -0.2) is 4.99 Å². The van der Waals surface area contributed by atoms with Crippen LogP contribution < -0.4 is 10.7 Å². The van der Waals surface area contributed by atoms with E-state index in [1.165, 1.54) is 4.90 Å². The predicted molar refractivity (Wildman–Crippen MR) is 109 cm³/mol. The summed E-state index contributed by atoms with van der Waals surface area (Å²) in [5, 5.41) is 6.41. The maximum atomic E-state index is 12.3. The van der Waals surface area contributed by atoms with Crippen LogP contribution in [0.3, 0.4) is 0 Å². The molecular weight excluding hydrogens is 338 g/mol. The SMILES string of the molecule is CN1C(=O)CC(C)(c2cccc(-c3cccc(N4CCC=N4)c3)c2)N=C1N. The van der Waals surface area contributed by atoms with Gasteiger partial charge in [0.25, 0.3) is 0 Å². The lowest BCUT2D eigenvalue weighted by atomic mass is 9.86. The molecule has 0 spiro atoms. The van der Waals surface area contributed by atoms with Crippen LogP contribution in [0.1, 0.15) is 25.3 Å². The van der Waals surface area contributed by atoms with Gasteiger partial charge >= 0.3 is 0 Å². The highest BCUT2D eigenvalue weighted by atomic mass is 16.2. The molecule has 138 valence electrons. The zero-order chi connectivity index (χ0) is 19.0. The van der Waals surface area contributed by atoms with E-state index in [1.54, 1.807) is 7.05 Å². The van der Waals surface area contributed by atoms with Crippen LogP contribution in [0.25, 0.3) is 11.1 Å². The van der Waals surface area contributed by atoms with E-state index in [9.17, 15) is 4.79 Å². The molecule has 6 heteroatoms. The molecule has 2 heterocycles. The molecule has 0 fully saturated rings. The summed E-state index contributed by atoms with van der Waals surface area (Å²) in [7, 11) is 1.66. The molecule has 0 aliphatic carbocycles. The fourth-order valence-electron chi connectivity index (χ4n) is 3.54. The van der Waals surface area contributed by atoms with E-state index in [1.807, 2.05) is 36.3 Å². The number of benzene rings is 2. The Balaban J connectivity index is 1.70. The van der Waals surface area contributed by atoms with E-state index in [0.29, 0.717) is 6.42 Å². The highest BCUT2D eigenvalue weighted by Gasteiger charge is 2.36. The van der Waals surface area contributed by atoms with Crippen molar-refractivity contribution < 1.29 is 4.79 Å². The quantitative estimate of drug-likeness (QED) is 0.913. The second-order valence-electron chi connectivity index (χ2n) is 7.21. The molecule has 1 atom stereocenters. The zero-order valence-corrected chi connectivity index (χ0v) is 15.6. The predicted octanol–water partition coefficient (Wildman–Crippen LogP) is 2.94. The molecule has 1 unspecified atom stereocenters. The number of rotatable bonds is 3. The van der Waals surface area contributed by atoms with E-state index < -0.39 is 5.54 Å². The van der Waals surface area contributed by atoms with Gasteiger partial charge in [-0.2, -0.15) is 5.10 Å².